The van der Waals surface area contributed by atoms with Crippen LogP contribution < -0.4 is 5.73 Å². The van der Waals surface area contributed by atoms with Gasteiger partial charge >= 0.3 is 0 Å². The molecular weight excluding hydrogens is 328 g/mol. The molecule has 106 valence electrons. The Balaban J connectivity index is 2.23. The third-order valence-corrected chi connectivity index (χ3v) is 4.25. The minimum atomic E-state index is 0.148. The molecule has 0 radical (unpaired) electrons. The second kappa shape index (κ2) is 6.55. The van der Waals surface area contributed by atoms with Crippen LogP contribution in [0.1, 0.15) is 25.5 Å². The molecule has 5 heteroatoms. The van der Waals surface area contributed by atoms with E-state index in [1.54, 1.807) is 0 Å². The molecular formula is C14H20BrClN2O. The van der Waals surface area contributed by atoms with E-state index < -0.39 is 0 Å². The SMILES string of the molecule is C[C@@H]1CN(C(CN)c2ccc(Br)cc2Cl)C[C@H](C)O1. The van der Waals surface area contributed by atoms with E-state index in [2.05, 4.69) is 40.7 Å². The molecule has 2 rings (SSSR count). The average molecular weight is 348 g/mol. The van der Waals surface area contributed by atoms with Gasteiger partial charge in [0.15, 0.2) is 0 Å². The predicted molar refractivity (Wildman–Crippen MR) is 82.5 cm³/mol. The van der Waals surface area contributed by atoms with Gasteiger partial charge in [-0.05, 0) is 31.5 Å². The van der Waals surface area contributed by atoms with Gasteiger partial charge in [0.25, 0.3) is 0 Å². The van der Waals surface area contributed by atoms with Crippen LogP contribution in [-0.4, -0.2) is 36.7 Å². The monoisotopic (exact) mass is 346 g/mol. The Labute approximate surface area is 128 Å². The topological polar surface area (TPSA) is 38.5 Å². The van der Waals surface area contributed by atoms with E-state index in [0.29, 0.717) is 6.54 Å². The molecule has 0 aromatic heterocycles. The Morgan fingerprint density at radius 1 is 1.42 bits per heavy atom. The molecule has 1 unspecified atom stereocenters. The van der Waals surface area contributed by atoms with Crippen molar-refractivity contribution in [2.24, 2.45) is 5.73 Å². The molecule has 1 aromatic rings. The Morgan fingerprint density at radius 2 is 2.05 bits per heavy atom. The van der Waals surface area contributed by atoms with Gasteiger partial charge in [-0.2, -0.15) is 0 Å². The van der Waals surface area contributed by atoms with E-state index in [9.17, 15) is 0 Å². The Bertz CT molecular complexity index is 433. The van der Waals surface area contributed by atoms with Gasteiger partial charge in [-0.1, -0.05) is 33.6 Å². The summed E-state index contributed by atoms with van der Waals surface area (Å²) < 4.78 is 6.76. The quantitative estimate of drug-likeness (QED) is 0.912. The highest BCUT2D eigenvalue weighted by Gasteiger charge is 2.29. The van der Waals surface area contributed by atoms with Crippen LogP contribution in [0.25, 0.3) is 0 Å². The van der Waals surface area contributed by atoms with Gasteiger partial charge in [0.2, 0.25) is 0 Å². The fourth-order valence-corrected chi connectivity index (χ4v) is 3.52. The van der Waals surface area contributed by atoms with Crippen molar-refractivity contribution in [1.82, 2.24) is 4.90 Å². The molecule has 3 atom stereocenters. The van der Waals surface area contributed by atoms with Gasteiger partial charge in [0.05, 0.1) is 12.2 Å². The predicted octanol–water partition coefficient (Wildman–Crippen LogP) is 3.21. The van der Waals surface area contributed by atoms with Gasteiger partial charge < -0.3 is 10.5 Å². The molecule has 2 N–H and O–H groups in total. The van der Waals surface area contributed by atoms with Crippen LogP contribution in [0.15, 0.2) is 22.7 Å². The third kappa shape index (κ3) is 3.70. The van der Waals surface area contributed by atoms with Crippen molar-refractivity contribution in [2.75, 3.05) is 19.6 Å². The fraction of sp³-hybridized carbons (Fsp3) is 0.571. The first-order valence-electron chi connectivity index (χ1n) is 6.55. The summed E-state index contributed by atoms with van der Waals surface area (Å²) in [6.07, 6.45) is 0.457. The maximum absolute atomic E-state index is 6.35. The Hall–Kier alpha value is -0.130. The number of benzene rings is 1. The van der Waals surface area contributed by atoms with Crippen LogP contribution in [0.2, 0.25) is 5.02 Å². The first-order valence-corrected chi connectivity index (χ1v) is 7.73. The van der Waals surface area contributed by atoms with E-state index in [4.69, 9.17) is 22.1 Å². The normalized spacial score (nSPS) is 26.4. The highest BCUT2D eigenvalue weighted by molar-refractivity contribution is 9.10. The second-order valence-corrected chi connectivity index (χ2v) is 6.45. The number of nitrogens with zero attached hydrogens (tertiary/aromatic N) is 1. The maximum Gasteiger partial charge on any atom is 0.0678 e. The van der Waals surface area contributed by atoms with E-state index >= 15 is 0 Å². The number of hydrogen-bond donors (Lipinski definition) is 1. The van der Waals surface area contributed by atoms with Crippen LogP contribution in [0.3, 0.4) is 0 Å². The molecule has 3 nitrogen and oxygen atoms in total. The second-order valence-electron chi connectivity index (χ2n) is 5.13. The lowest BCUT2D eigenvalue weighted by atomic mass is 10.0. The van der Waals surface area contributed by atoms with E-state index in [1.807, 2.05) is 12.1 Å². The molecule has 1 fully saturated rings. The number of rotatable bonds is 3. The minimum Gasteiger partial charge on any atom is -0.373 e. The van der Waals surface area contributed by atoms with E-state index in [0.717, 1.165) is 28.1 Å². The molecule has 1 aromatic carbocycles. The van der Waals surface area contributed by atoms with Crippen molar-refractivity contribution in [3.05, 3.63) is 33.3 Å². The largest absolute Gasteiger partial charge is 0.373 e. The summed E-state index contributed by atoms with van der Waals surface area (Å²) >= 11 is 9.78. The number of ether oxygens (including phenoxy) is 1. The number of morpholine rings is 1. The van der Waals surface area contributed by atoms with Crippen LogP contribution in [-0.2, 0) is 4.74 Å². The van der Waals surface area contributed by atoms with Crippen LogP contribution in [0, 0.1) is 0 Å². The molecule has 1 aliphatic rings. The number of hydrogen-bond acceptors (Lipinski definition) is 3. The Morgan fingerprint density at radius 3 is 2.58 bits per heavy atom. The summed E-state index contributed by atoms with van der Waals surface area (Å²) in [7, 11) is 0. The lowest BCUT2D eigenvalue weighted by molar-refractivity contribution is -0.0799. The first-order chi connectivity index (χ1) is 9.01. The standard InChI is InChI=1S/C14H20BrClN2O/c1-9-7-18(8-10(2)19-9)14(6-17)12-4-3-11(15)5-13(12)16/h3-5,9-10,14H,6-8,17H2,1-2H3/t9-,10+,14?. The van der Waals surface area contributed by atoms with Gasteiger partial charge in [-0.3, -0.25) is 4.90 Å². The zero-order valence-corrected chi connectivity index (χ0v) is 13.6. The third-order valence-electron chi connectivity index (χ3n) is 3.43. The minimum absolute atomic E-state index is 0.148. The van der Waals surface area contributed by atoms with Crippen molar-refractivity contribution in [3.63, 3.8) is 0 Å². The first kappa shape index (κ1) is 15.3. The molecule has 19 heavy (non-hydrogen) atoms. The highest BCUT2D eigenvalue weighted by Crippen LogP contribution is 2.31. The highest BCUT2D eigenvalue weighted by atomic mass is 79.9. The molecule has 0 aliphatic carbocycles. The zero-order chi connectivity index (χ0) is 14.0. The van der Waals surface area contributed by atoms with Gasteiger partial charge in [-0.25, -0.2) is 0 Å². The summed E-state index contributed by atoms with van der Waals surface area (Å²) in [4.78, 5) is 2.37. The summed E-state index contributed by atoms with van der Waals surface area (Å²) in [6, 6.07) is 6.13. The molecule has 0 spiro atoms. The lowest BCUT2D eigenvalue weighted by Crippen LogP contribution is -2.48. The van der Waals surface area contributed by atoms with Crippen molar-refractivity contribution in [3.8, 4) is 0 Å². The van der Waals surface area contributed by atoms with Crippen molar-refractivity contribution in [1.29, 1.82) is 0 Å². The van der Waals surface area contributed by atoms with E-state index in [-0.39, 0.29) is 18.2 Å². The maximum atomic E-state index is 6.35. The van der Waals surface area contributed by atoms with Crippen molar-refractivity contribution < 1.29 is 4.74 Å². The Kier molecular flexibility index (Phi) is 5.26. The summed E-state index contributed by atoms with van der Waals surface area (Å²) in [5, 5.41) is 0.761. The van der Waals surface area contributed by atoms with Crippen LogP contribution in [0.4, 0.5) is 0 Å². The molecule has 0 amide bonds. The van der Waals surface area contributed by atoms with Gasteiger partial charge in [0, 0.05) is 35.2 Å². The fourth-order valence-electron chi connectivity index (χ4n) is 2.72. The molecule has 0 bridgehead atoms. The number of halogens is 2. The van der Waals surface area contributed by atoms with Crippen molar-refractivity contribution >= 4 is 27.5 Å². The van der Waals surface area contributed by atoms with Crippen molar-refractivity contribution in [2.45, 2.75) is 32.1 Å². The summed E-state index contributed by atoms with van der Waals surface area (Å²) in [5.74, 6) is 0. The summed E-state index contributed by atoms with van der Waals surface area (Å²) in [6.45, 7) is 6.52. The van der Waals surface area contributed by atoms with E-state index in [1.165, 1.54) is 0 Å². The average Bonchev–Trinajstić information content (AvgIpc) is 2.31. The van der Waals surface area contributed by atoms with Crippen LogP contribution in [0.5, 0.6) is 0 Å². The molecule has 1 saturated heterocycles. The van der Waals surface area contributed by atoms with Gasteiger partial charge in [0.1, 0.15) is 0 Å². The van der Waals surface area contributed by atoms with Crippen LogP contribution >= 0.6 is 27.5 Å². The summed E-state index contributed by atoms with van der Waals surface area (Å²) in [5.41, 5.74) is 7.07. The molecule has 1 aliphatic heterocycles. The lowest BCUT2D eigenvalue weighted by Gasteiger charge is -2.40. The molecule has 1 heterocycles. The number of nitrogens with two attached hydrogens (primary N) is 1. The molecule has 0 saturated carbocycles. The van der Waals surface area contributed by atoms with Gasteiger partial charge in [-0.15, -0.1) is 0 Å². The zero-order valence-electron chi connectivity index (χ0n) is 11.3. The smallest absolute Gasteiger partial charge is 0.0678 e.